The molecule has 0 saturated heterocycles. The van der Waals surface area contributed by atoms with E-state index in [0.29, 0.717) is 28.8 Å². The van der Waals surface area contributed by atoms with Crippen LogP contribution in [0.4, 0.5) is 0 Å². The van der Waals surface area contributed by atoms with E-state index in [4.69, 9.17) is 33.7 Å². The largest absolute Gasteiger partial charge is 0.490 e. The fourth-order valence-electron chi connectivity index (χ4n) is 1.60. The van der Waals surface area contributed by atoms with E-state index >= 15 is 0 Å². The minimum atomic E-state index is 0.0377. The van der Waals surface area contributed by atoms with Gasteiger partial charge in [0.05, 0.1) is 5.02 Å². The summed E-state index contributed by atoms with van der Waals surface area (Å²) in [5.41, 5.74) is 6.78. The Morgan fingerprint density at radius 3 is 2.56 bits per heavy atom. The summed E-state index contributed by atoms with van der Waals surface area (Å²) in [6.45, 7) is 3.36. The summed E-state index contributed by atoms with van der Waals surface area (Å²) in [6, 6.07) is 3.59. The van der Waals surface area contributed by atoms with Gasteiger partial charge in [-0.1, -0.05) is 23.2 Å². The van der Waals surface area contributed by atoms with E-state index in [1.807, 2.05) is 27.1 Å². The zero-order valence-corrected chi connectivity index (χ0v) is 12.6. The predicted octanol–water partition coefficient (Wildman–Crippen LogP) is 2.82. The van der Waals surface area contributed by atoms with Gasteiger partial charge in [-0.05, 0) is 45.1 Å². The second kappa shape index (κ2) is 7.19. The molecule has 0 bridgehead atoms. The number of rotatable bonds is 6. The van der Waals surface area contributed by atoms with Crippen LogP contribution in [0.5, 0.6) is 5.75 Å². The molecule has 0 spiro atoms. The van der Waals surface area contributed by atoms with Crippen molar-refractivity contribution in [1.29, 1.82) is 0 Å². The zero-order valence-electron chi connectivity index (χ0n) is 11.0. The maximum atomic E-state index is 6.17. The third kappa shape index (κ3) is 5.02. The highest BCUT2D eigenvalue weighted by atomic mass is 35.5. The molecule has 0 radical (unpaired) electrons. The highest BCUT2D eigenvalue weighted by molar-refractivity contribution is 6.35. The van der Waals surface area contributed by atoms with E-state index in [2.05, 4.69) is 4.90 Å². The predicted molar refractivity (Wildman–Crippen MR) is 77.9 cm³/mol. The van der Waals surface area contributed by atoms with E-state index < -0.39 is 0 Å². The molecule has 0 aliphatic rings. The summed E-state index contributed by atoms with van der Waals surface area (Å²) in [4.78, 5) is 2.05. The molecule has 0 heterocycles. The second-order valence-electron chi connectivity index (χ2n) is 4.71. The lowest BCUT2D eigenvalue weighted by Crippen LogP contribution is -2.21. The van der Waals surface area contributed by atoms with Crippen LogP contribution in [0.3, 0.4) is 0 Å². The van der Waals surface area contributed by atoms with Crippen LogP contribution in [0, 0.1) is 0 Å². The summed E-state index contributed by atoms with van der Waals surface area (Å²) < 4.78 is 5.75. The topological polar surface area (TPSA) is 38.5 Å². The standard InChI is InChI=1S/C13H20Cl2N2O/c1-9(16)6-10-7-11(14)8-12(15)13(10)18-5-4-17(2)3/h7-9H,4-6,16H2,1-3H3. The first-order chi connectivity index (χ1) is 8.40. The molecule has 1 aromatic carbocycles. The van der Waals surface area contributed by atoms with Crippen molar-refractivity contribution in [3.05, 3.63) is 27.7 Å². The molecule has 1 unspecified atom stereocenters. The van der Waals surface area contributed by atoms with Crippen LogP contribution in [0.15, 0.2) is 12.1 Å². The average molecular weight is 291 g/mol. The van der Waals surface area contributed by atoms with Gasteiger partial charge in [-0.2, -0.15) is 0 Å². The summed E-state index contributed by atoms with van der Waals surface area (Å²) in [6.07, 6.45) is 0.692. The van der Waals surface area contributed by atoms with Gasteiger partial charge in [-0.25, -0.2) is 0 Å². The molecule has 0 aliphatic heterocycles. The molecule has 1 atom stereocenters. The van der Waals surface area contributed by atoms with Gasteiger partial charge < -0.3 is 15.4 Å². The monoisotopic (exact) mass is 290 g/mol. The molecule has 2 N–H and O–H groups in total. The van der Waals surface area contributed by atoms with Gasteiger partial charge in [0.25, 0.3) is 0 Å². The van der Waals surface area contributed by atoms with Crippen LogP contribution in [-0.4, -0.2) is 38.2 Å². The maximum Gasteiger partial charge on any atom is 0.141 e. The Labute approximate surface area is 119 Å². The van der Waals surface area contributed by atoms with Crippen LogP contribution < -0.4 is 10.5 Å². The van der Waals surface area contributed by atoms with Crippen molar-refractivity contribution >= 4 is 23.2 Å². The number of hydrogen-bond acceptors (Lipinski definition) is 3. The molecule has 1 rings (SSSR count). The van der Waals surface area contributed by atoms with Crippen molar-refractivity contribution in [2.45, 2.75) is 19.4 Å². The van der Waals surface area contributed by atoms with E-state index in [-0.39, 0.29) is 6.04 Å². The second-order valence-corrected chi connectivity index (χ2v) is 5.55. The van der Waals surface area contributed by atoms with Crippen molar-refractivity contribution in [2.24, 2.45) is 5.73 Å². The van der Waals surface area contributed by atoms with Gasteiger partial charge in [-0.15, -0.1) is 0 Å². The van der Waals surface area contributed by atoms with Crippen molar-refractivity contribution in [3.8, 4) is 5.75 Å². The summed E-state index contributed by atoms with van der Waals surface area (Å²) >= 11 is 12.2. The van der Waals surface area contributed by atoms with Crippen LogP contribution in [0.25, 0.3) is 0 Å². The molecule has 0 amide bonds. The number of ether oxygens (including phenoxy) is 1. The number of halogens is 2. The Bertz CT molecular complexity index is 395. The summed E-state index contributed by atoms with van der Waals surface area (Å²) in [5, 5.41) is 1.15. The number of nitrogens with zero attached hydrogens (tertiary/aromatic N) is 1. The Kier molecular flexibility index (Phi) is 6.22. The van der Waals surface area contributed by atoms with Gasteiger partial charge in [0.15, 0.2) is 0 Å². The first-order valence-corrected chi connectivity index (χ1v) is 6.66. The lowest BCUT2D eigenvalue weighted by atomic mass is 10.1. The highest BCUT2D eigenvalue weighted by Gasteiger charge is 2.12. The highest BCUT2D eigenvalue weighted by Crippen LogP contribution is 2.33. The minimum absolute atomic E-state index is 0.0377. The van der Waals surface area contributed by atoms with Crippen LogP contribution in [0.2, 0.25) is 10.0 Å². The molecule has 18 heavy (non-hydrogen) atoms. The third-order valence-corrected chi connectivity index (χ3v) is 2.91. The van der Waals surface area contributed by atoms with Crippen LogP contribution >= 0.6 is 23.2 Å². The number of benzene rings is 1. The van der Waals surface area contributed by atoms with E-state index in [1.165, 1.54) is 0 Å². The van der Waals surface area contributed by atoms with Crippen molar-refractivity contribution in [1.82, 2.24) is 4.90 Å². The Morgan fingerprint density at radius 1 is 1.33 bits per heavy atom. The number of likely N-dealkylation sites (N-methyl/N-ethyl adjacent to an activating group) is 1. The van der Waals surface area contributed by atoms with E-state index in [9.17, 15) is 0 Å². The fourth-order valence-corrected chi connectivity index (χ4v) is 2.19. The van der Waals surface area contributed by atoms with Gasteiger partial charge in [0.2, 0.25) is 0 Å². The molecule has 0 saturated carbocycles. The molecule has 102 valence electrons. The van der Waals surface area contributed by atoms with Crippen molar-refractivity contribution < 1.29 is 4.74 Å². The Balaban J connectivity index is 2.85. The average Bonchev–Trinajstić information content (AvgIpc) is 2.20. The fraction of sp³-hybridized carbons (Fsp3) is 0.538. The molecule has 5 heteroatoms. The molecule has 1 aromatic rings. The first kappa shape index (κ1) is 15.6. The van der Waals surface area contributed by atoms with Crippen LogP contribution in [-0.2, 0) is 6.42 Å². The number of hydrogen-bond donors (Lipinski definition) is 1. The summed E-state index contributed by atoms with van der Waals surface area (Å²) in [5.74, 6) is 0.695. The van der Waals surface area contributed by atoms with Crippen molar-refractivity contribution in [2.75, 3.05) is 27.2 Å². The molecular weight excluding hydrogens is 271 g/mol. The van der Waals surface area contributed by atoms with Gasteiger partial charge in [0, 0.05) is 17.6 Å². The number of nitrogens with two attached hydrogens (primary N) is 1. The first-order valence-electron chi connectivity index (χ1n) is 5.91. The van der Waals surface area contributed by atoms with Crippen LogP contribution in [0.1, 0.15) is 12.5 Å². The smallest absolute Gasteiger partial charge is 0.141 e. The lowest BCUT2D eigenvalue weighted by molar-refractivity contribution is 0.259. The molecule has 3 nitrogen and oxygen atoms in total. The SMILES string of the molecule is CC(N)Cc1cc(Cl)cc(Cl)c1OCCN(C)C. The molecular formula is C13H20Cl2N2O. The van der Waals surface area contributed by atoms with Gasteiger partial charge in [0.1, 0.15) is 12.4 Å². The Morgan fingerprint density at radius 2 is 2.00 bits per heavy atom. The molecule has 0 aliphatic carbocycles. The van der Waals surface area contributed by atoms with Gasteiger partial charge in [-0.3, -0.25) is 0 Å². The minimum Gasteiger partial charge on any atom is -0.490 e. The third-order valence-electron chi connectivity index (χ3n) is 2.41. The Hall–Kier alpha value is -0.480. The van der Waals surface area contributed by atoms with E-state index in [1.54, 1.807) is 6.07 Å². The zero-order chi connectivity index (χ0) is 13.7. The maximum absolute atomic E-state index is 6.17. The molecule has 0 aromatic heterocycles. The quantitative estimate of drug-likeness (QED) is 0.876. The molecule has 0 fully saturated rings. The lowest BCUT2D eigenvalue weighted by Gasteiger charge is -2.16. The van der Waals surface area contributed by atoms with Crippen molar-refractivity contribution in [3.63, 3.8) is 0 Å². The normalized spacial score (nSPS) is 12.8. The summed E-state index contributed by atoms with van der Waals surface area (Å²) in [7, 11) is 3.99. The van der Waals surface area contributed by atoms with Gasteiger partial charge >= 0.3 is 0 Å². The van der Waals surface area contributed by atoms with E-state index in [0.717, 1.165) is 12.1 Å².